The minimum atomic E-state index is 0.560. The molecule has 0 fully saturated rings. The average Bonchev–Trinajstić information content (AvgIpc) is 2.71. The molecule has 0 amide bonds. The van der Waals surface area contributed by atoms with Crippen LogP contribution in [-0.2, 0) is 0 Å². The van der Waals surface area contributed by atoms with Crippen LogP contribution in [0.5, 0.6) is 5.88 Å². The second-order valence-electron chi connectivity index (χ2n) is 2.68. The summed E-state index contributed by atoms with van der Waals surface area (Å²) in [6, 6.07) is 3.72. The maximum Gasteiger partial charge on any atom is 0.234 e. The van der Waals surface area contributed by atoms with Crippen LogP contribution >= 0.6 is 0 Å². The number of ether oxygens (including phenoxy) is 1. The third-order valence-corrected chi connectivity index (χ3v) is 1.81. The zero-order valence-electron chi connectivity index (χ0n) is 7.48. The molecule has 2 aromatic rings. The number of hydrogen-bond donors (Lipinski definition) is 1. The molecule has 0 aliphatic rings. The van der Waals surface area contributed by atoms with E-state index in [1.807, 2.05) is 13.0 Å². The van der Waals surface area contributed by atoms with Crippen LogP contribution in [0, 0.1) is 6.92 Å². The van der Waals surface area contributed by atoms with Gasteiger partial charge in [0.05, 0.1) is 7.11 Å². The van der Waals surface area contributed by atoms with E-state index in [9.17, 15) is 0 Å². The molecule has 2 heterocycles. The predicted octanol–water partition coefficient (Wildman–Crippen LogP) is 0.912. The van der Waals surface area contributed by atoms with Gasteiger partial charge < -0.3 is 4.74 Å². The highest BCUT2D eigenvalue weighted by Crippen LogP contribution is 2.12. The van der Waals surface area contributed by atoms with Gasteiger partial charge in [0, 0.05) is 18.0 Å². The van der Waals surface area contributed by atoms with Crippen LogP contribution in [0.3, 0.4) is 0 Å². The third kappa shape index (κ3) is 1.28. The maximum absolute atomic E-state index is 4.95. The van der Waals surface area contributed by atoms with Gasteiger partial charge in [-0.2, -0.15) is 5.10 Å². The zero-order valence-corrected chi connectivity index (χ0v) is 7.48. The van der Waals surface area contributed by atoms with Crippen LogP contribution in [0.15, 0.2) is 18.3 Å². The molecule has 5 heteroatoms. The molecule has 13 heavy (non-hydrogen) atoms. The van der Waals surface area contributed by atoms with Crippen molar-refractivity contribution in [2.45, 2.75) is 6.92 Å². The van der Waals surface area contributed by atoms with Crippen molar-refractivity contribution in [2.24, 2.45) is 0 Å². The first-order valence-electron chi connectivity index (χ1n) is 3.91. The number of aromatic nitrogens is 4. The first-order valence-corrected chi connectivity index (χ1v) is 3.91. The molecule has 0 radical (unpaired) electrons. The molecule has 0 saturated carbocycles. The minimum Gasteiger partial charge on any atom is -0.480 e. The summed E-state index contributed by atoms with van der Waals surface area (Å²) in [5.41, 5.74) is 1.05. The molecule has 2 rings (SSSR count). The Morgan fingerprint density at radius 2 is 2.38 bits per heavy atom. The Labute approximate surface area is 75.3 Å². The van der Waals surface area contributed by atoms with Gasteiger partial charge in [0.2, 0.25) is 5.88 Å². The second kappa shape index (κ2) is 2.93. The molecule has 0 spiro atoms. The predicted molar refractivity (Wildman–Crippen MR) is 47.0 cm³/mol. The largest absolute Gasteiger partial charge is 0.480 e. The van der Waals surface area contributed by atoms with E-state index in [2.05, 4.69) is 15.3 Å². The van der Waals surface area contributed by atoms with E-state index in [0.717, 1.165) is 11.5 Å². The summed E-state index contributed by atoms with van der Waals surface area (Å²) in [6.45, 7) is 1.97. The average molecular weight is 178 g/mol. The Kier molecular flexibility index (Phi) is 1.77. The number of methoxy groups -OCH3 is 1. The van der Waals surface area contributed by atoms with E-state index in [-0.39, 0.29) is 0 Å². The first kappa shape index (κ1) is 7.85. The highest BCUT2D eigenvalue weighted by atomic mass is 16.5. The number of nitrogens with one attached hydrogen (secondary N) is 1. The zero-order chi connectivity index (χ0) is 9.26. The van der Waals surface area contributed by atoms with Crippen molar-refractivity contribution in [3.8, 4) is 11.7 Å². The van der Waals surface area contributed by atoms with E-state index in [4.69, 9.17) is 4.74 Å². The van der Waals surface area contributed by atoms with E-state index in [1.54, 1.807) is 24.1 Å². The van der Waals surface area contributed by atoms with Gasteiger partial charge in [0.1, 0.15) is 0 Å². The number of nitrogens with zero attached hydrogens (tertiary/aromatic N) is 3. The fraction of sp³-hybridized carbons (Fsp3) is 0.250. The van der Waals surface area contributed by atoms with Crippen molar-refractivity contribution in [2.75, 3.05) is 7.11 Å². The van der Waals surface area contributed by atoms with Crippen LogP contribution in [0.4, 0.5) is 0 Å². The van der Waals surface area contributed by atoms with Crippen molar-refractivity contribution < 1.29 is 4.74 Å². The molecule has 0 aliphatic carbocycles. The number of rotatable bonds is 2. The van der Waals surface area contributed by atoms with Gasteiger partial charge in [-0.05, 0) is 13.0 Å². The summed E-state index contributed by atoms with van der Waals surface area (Å²) in [5.74, 6) is 1.37. The summed E-state index contributed by atoms with van der Waals surface area (Å²) in [6.07, 6.45) is 1.74. The van der Waals surface area contributed by atoms with E-state index < -0.39 is 0 Å². The summed E-state index contributed by atoms with van der Waals surface area (Å²) < 4.78 is 6.71. The molecule has 0 aliphatic heterocycles. The van der Waals surface area contributed by atoms with E-state index >= 15 is 0 Å². The van der Waals surface area contributed by atoms with Crippen LogP contribution in [-0.4, -0.2) is 27.1 Å². The molecule has 5 nitrogen and oxygen atoms in total. The summed E-state index contributed by atoms with van der Waals surface area (Å²) in [5, 5.41) is 10.9. The summed E-state index contributed by atoms with van der Waals surface area (Å²) in [7, 11) is 1.58. The molecule has 0 bridgehead atoms. The third-order valence-electron chi connectivity index (χ3n) is 1.81. The van der Waals surface area contributed by atoms with E-state index in [0.29, 0.717) is 5.88 Å². The Bertz CT molecular complexity index is 404. The SMILES string of the molecule is COc1cc(-n2nccc2C)[nH]n1. The molecular weight excluding hydrogens is 168 g/mol. The fourth-order valence-electron chi connectivity index (χ4n) is 1.13. The van der Waals surface area contributed by atoms with Gasteiger partial charge in [-0.3, -0.25) is 5.10 Å². The lowest BCUT2D eigenvalue weighted by molar-refractivity contribution is 0.397. The maximum atomic E-state index is 4.95. The lowest BCUT2D eigenvalue weighted by Crippen LogP contribution is -1.98. The lowest BCUT2D eigenvalue weighted by Gasteiger charge is -1.97. The van der Waals surface area contributed by atoms with Crippen molar-refractivity contribution in [1.82, 2.24) is 20.0 Å². The standard InChI is InChI=1S/C8H10N4O/c1-6-3-4-9-12(6)7-5-8(13-2)11-10-7/h3-5H,1-2H3,(H,10,11). The monoisotopic (exact) mass is 178 g/mol. The Balaban J connectivity index is 2.41. The van der Waals surface area contributed by atoms with Gasteiger partial charge in [-0.1, -0.05) is 0 Å². The molecule has 0 aromatic carbocycles. The highest BCUT2D eigenvalue weighted by Gasteiger charge is 2.04. The molecular formula is C8H10N4O. The summed E-state index contributed by atoms with van der Waals surface area (Å²) in [4.78, 5) is 0. The lowest BCUT2D eigenvalue weighted by atomic mass is 10.5. The van der Waals surface area contributed by atoms with Crippen molar-refractivity contribution in [3.63, 3.8) is 0 Å². The molecule has 2 aromatic heterocycles. The fourth-order valence-corrected chi connectivity index (χ4v) is 1.13. The number of hydrogen-bond acceptors (Lipinski definition) is 3. The molecule has 68 valence electrons. The highest BCUT2D eigenvalue weighted by molar-refractivity contribution is 5.28. The van der Waals surface area contributed by atoms with Gasteiger partial charge >= 0.3 is 0 Å². The number of H-pyrrole nitrogens is 1. The van der Waals surface area contributed by atoms with Gasteiger partial charge in [-0.25, -0.2) is 4.68 Å². The van der Waals surface area contributed by atoms with Crippen LogP contribution < -0.4 is 4.74 Å². The van der Waals surface area contributed by atoms with Crippen molar-refractivity contribution in [3.05, 3.63) is 24.0 Å². The summed E-state index contributed by atoms with van der Waals surface area (Å²) >= 11 is 0. The minimum absolute atomic E-state index is 0.560. The Morgan fingerprint density at radius 1 is 1.54 bits per heavy atom. The molecule has 0 unspecified atom stereocenters. The Morgan fingerprint density at radius 3 is 2.92 bits per heavy atom. The van der Waals surface area contributed by atoms with Crippen LogP contribution in [0.1, 0.15) is 5.69 Å². The molecule has 0 atom stereocenters. The normalized spacial score (nSPS) is 10.3. The van der Waals surface area contributed by atoms with Gasteiger partial charge in [-0.15, -0.1) is 5.10 Å². The van der Waals surface area contributed by atoms with Crippen LogP contribution in [0.25, 0.3) is 5.82 Å². The van der Waals surface area contributed by atoms with Crippen LogP contribution in [0.2, 0.25) is 0 Å². The number of aromatic amines is 1. The van der Waals surface area contributed by atoms with Gasteiger partial charge in [0.25, 0.3) is 0 Å². The molecule has 0 saturated heterocycles. The number of aryl methyl sites for hydroxylation is 1. The van der Waals surface area contributed by atoms with Crippen molar-refractivity contribution >= 4 is 0 Å². The first-order chi connectivity index (χ1) is 6.31. The Hall–Kier alpha value is -1.78. The quantitative estimate of drug-likeness (QED) is 0.743. The van der Waals surface area contributed by atoms with E-state index in [1.165, 1.54) is 0 Å². The van der Waals surface area contributed by atoms with Gasteiger partial charge in [0.15, 0.2) is 5.82 Å². The topological polar surface area (TPSA) is 55.7 Å². The smallest absolute Gasteiger partial charge is 0.234 e. The molecule has 1 N–H and O–H groups in total. The second-order valence-corrected chi connectivity index (χ2v) is 2.68. The van der Waals surface area contributed by atoms with Crippen molar-refractivity contribution in [1.29, 1.82) is 0 Å².